The van der Waals surface area contributed by atoms with Crippen LogP contribution in [0, 0.1) is 6.92 Å². The van der Waals surface area contributed by atoms with E-state index in [1.807, 2.05) is 31.2 Å². The van der Waals surface area contributed by atoms with Crippen molar-refractivity contribution in [3.8, 4) is 0 Å². The van der Waals surface area contributed by atoms with Crippen molar-refractivity contribution >= 4 is 23.5 Å². The van der Waals surface area contributed by atoms with Crippen LogP contribution in [0.25, 0.3) is 0 Å². The monoisotopic (exact) mass is 461 g/mol. The quantitative estimate of drug-likeness (QED) is 0.571. The summed E-state index contributed by atoms with van der Waals surface area (Å²) in [5.74, 6) is -2.28. The summed E-state index contributed by atoms with van der Waals surface area (Å²) in [5, 5.41) is 22.1. The van der Waals surface area contributed by atoms with E-state index in [1.54, 1.807) is 47.4 Å². The zero-order chi connectivity index (χ0) is 23.3. The molecule has 2 aliphatic rings. The molecule has 1 aliphatic carbocycles. The Morgan fingerprint density at radius 2 is 1.67 bits per heavy atom. The minimum Gasteiger partial charge on any atom is -0.481 e. The molecule has 168 valence electrons. The molecule has 0 bridgehead atoms. The Bertz CT molecular complexity index is 1260. The first kappa shape index (κ1) is 21.7. The van der Waals surface area contributed by atoms with E-state index in [1.165, 1.54) is 0 Å². The number of aryl methyl sites for hydroxylation is 2. The van der Waals surface area contributed by atoms with Crippen LogP contribution in [0.2, 0.25) is 5.02 Å². The second-order valence-corrected chi connectivity index (χ2v) is 9.25. The van der Waals surface area contributed by atoms with Crippen LogP contribution < -0.4 is 0 Å². The molecule has 3 aromatic rings. The largest absolute Gasteiger partial charge is 0.481 e. The molecule has 2 N–H and O–H groups in total. The molecule has 1 amide bonds. The Morgan fingerprint density at radius 1 is 0.970 bits per heavy atom. The standard InChI is InChI=1S/C27H24ClNO4/c1-15-14-17(28)11-12-18(15)25-23(27(32)33)20-8-4-5-9-21(20)26(31)29(25)24-19-7-3-2-6-16(19)10-13-22(24)30/h2-9,11-12,14,22-25,30H,10,13H2,1H3,(H,32,33). The zero-order valence-corrected chi connectivity index (χ0v) is 18.9. The van der Waals surface area contributed by atoms with Gasteiger partial charge >= 0.3 is 5.97 Å². The molecular formula is C27H24ClNO4. The molecule has 6 heteroatoms. The molecule has 33 heavy (non-hydrogen) atoms. The van der Waals surface area contributed by atoms with Gasteiger partial charge in [0, 0.05) is 10.6 Å². The molecule has 4 unspecified atom stereocenters. The number of fused-ring (bicyclic) bond motifs is 2. The summed E-state index contributed by atoms with van der Waals surface area (Å²) in [6.07, 6.45) is 0.398. The number of benzene rings is 3. The third-order valence-corrected chi connectivity index (χ3v) is 7.18. The number of aliphatic hydroxyl groups is 1. The van der Waals surface area contributed by atoms with E-state index in [0.717, 1.165) is 16.7 Å². The van der Waals surface area contributed by atoms with E-state index < -0.39 is 30.1 Å². The minimum absolute atomic E-state index is 0.275. The van der Waals surface area contributed by atoms with Gasteiger partial charge in [0.15, 0.2) is 0 Å². The third kappa shape index (κ3) is 3.52. The van der Waals surface area contributed by atoms with Gasteiger partial charge in [-0.15, -0.1) is 0 Å². The fourth-order valence-corrected chi connectivity index (χ4v) is 5.71. The van der Waals surface area contributed by atoms with E-state index in [0.29, 0.717) is 34.6 Å². The van der Waals surface area contributed by atoms with Gasteiger partial charge in [-0.1, -0.05) is 60.1 Å². The third-order valence-electron chi connectivity index (χ3n) is 6.94. The van der Waals surface area contributed by atoms with Crippen molar-refractivity contribution in [1.29, 1.82) is 0 Å². The number of hydrogen-bond acceptors (Lipinski definition) is 3. The second kappa shape index (κ2) is 8.32. The highest BCUT2D eigenvalue weighted by Gasteiger charge is 2.49. The lowest BCUT2D eigenvalue weighted by atomic mass is 9.75. The second-order valence-electron chi connectivity index (χ2n) is 8.81. The van der Waals surface area contributed by atoms with E-state index in [-0.39, 0.29) is 5.91 Å². The number of carbonyl (C=O) groups is 2. The van der Waals surface area contributed by atoms with Gasteiger partial charge in [-0.25, -0.2) is 0 Å². The Hall–Kier alpha value is -3.15. The van der Waals surface area contributed by atoms with Gasteiger partial charge in [-0.3, -0.25) is 9.59 Å². The molecule has 5 nitrogen and oxygen atoms in total. The zero-order valence-electron chi connectivity index (χ0n) is 18.1. The van der Waals surface area contributed by atoms with E-state index in [2.05, 4.69) is 0 Å². The van der Waals surface area contributed by atoms with Crippen molar-refractivity contribution in [3.63, 3.8) is 0 Å². The topological polar surface area (TPSA) is 77.8 Å². The molecule has 0 saturated heterocycles. The number of rotatable bonds is 3. The number of carboxylic acids is 1. The molecule has 0 saturated carbocycles. The van der Waals surface area contributed by atoms with Gasteiger partial charge in [0.25, 0.3) is 5.91 Å². The molecule has 1 heterocycles. The van der Waals surface area contributed by atoms with Crippen LogP contribution in [0.5, 0.6) is 0 Å². The van der Waals surface area contributed by atoms with Crippen molar-refractivity contribution in [3.05, 3.63) is 105 Å². The SMILES string of the molecule is Cc1cc(Cl)ccc1C1C(C(=O)O)c2ccccc2C(=O)N1C1c2ccccc2CCC1O. The highest BCUT2D eigenvalue weighted by atomic mass is 35.5. The molecule has 0 aromatic heterocycles. The molecule has 0 spiro atoms. The van der Waals surface area contributed by atoms with Crippen LogP contribution in [0.3, 0.4) is 0 Å². The molecule has 5 rings (SSSR count). The van der Waals surface area contributed by atoms with Gasteiger partial charge in [0.05, 0.1) is 18.2 Å². The van der Waals surface area contributed by atoms with E-state index in [4.69, 9.17) is 11.6 Å². The molecule has 0 radical (unpaired) electrons. The fraction of sp³-hybridized carbons (Fsp3) is 0.259. The minimum atomic E-state index is -1.02. The lowest BCUT2D eigenvalue weighted by Gasteiger charge is -2.48. The molecule has 3 aromatic carbocycles. The van der Waals surface area contributed by atoms with Gasteiger partial charge in [-0.2, -0.15) is 0 Å². The van der Waals surface area contributed by atoms with Crippen molar-refractivity contribution in [2.45, 2.75) is 43.9 Å². The molecular weight excluding hydrogens is 438 g/mol. The summed E-state index contributed by atoms with van der Waals surface area (Å²) < 4.78 is 0. The number of aliphatic hydroxyl groups excluding tert-OH is 1. The number of carboxylic acid groups (broad SMARTS) is 1. The van der Waals surface area contributed by atoms with Gasteiger partial charge in [0.2, 0.25) is 0 Å². The number of amides is 1. The smallest absolute Gasteiger partial charge is 0.313 e. The van der Waals surface area contributed by atoms with Gasteiger partial charge in [-0.05, 0) is 65.8 Å². The van der Waals surface area contributed by atoms with Crippen LogP contribution >= 0.6 is 11.6 Å². The fourth-order valence-electron chi connectivity index (χ4n) is 5.48. The van der Waals surface area contributed by atoms with Crippen LogP contribution in [0.15, 0.2) is 66.7 Å². The first-order valence-corrected chi connectivity index (χ1v) is 11.4. The lowest BCUT2D eigenvalue weighted by molar-refractivity contribution is -0.141. The first-order chi connectivity index (χ1) is 15.9. The normalized spacial score (nSPS) is 24.2. The average molecular weight is 462 g/mol. The highest BCUT2D eigenvalue weighted by Crippen LogP contribution is 2.50. The van der Waals surface area contributed by atoms with E-state index >= 15 is 0 Å². The number of carbonyl (C=O) groups excluding carboxylic acids is 1. The van der Waals surface area contributed by atoms with Gasteiger partial charge in [0.1, 0.15) is 5.92 Å². The maximum atomic E-state index is 14.0. The molecule has 4 atom stereocenters. The summed E-state index contributed by atoms with van der Waals surface area (Å²) >= 11 is 6.20. The number of halogens is 1. The van der Waals surface area contributed by atoms with Crippen molar-refractivity contribution < 1.29 is 19.8 Å². The highest BCUT2D eigenvalue weighted by molar-refractivity contribution is 6.30. The summed E-state index contributed by atoms with van der Waals surface area (Å²) in [6, 6.07) is 18.5. The average Bonchev–Trinajstić information content (AvgIpc) is 2.79. The Labute approximate surface area is 197 Å². The van der Waals surface area contributed by atoms with Crippen molar-refractivity contribution in [1.82, 2.24) is 4.90 Å². The van der Waals surface area contributed by atoms with Gasteiger partial charge < -0.3 is 15.1 Å². The summed E-state index contributed by atoms with van der Waals surface area (Å²) in [5.41, 5.74) is 4.30. The Balaban J connectivity index is 1.79. The maximum Gasteiger partial charge on any atom is 0.313 e. The first-order valence-electron chi connectivity index (χ1n) is 11.0. The van der Waals surface area contributed by atoms with Crippen molar-refractivity contribution in [2.24, 2.45) is 0 Å². The maximum absolute atomic E-state index is 14.0. The summed E-state index contributed by atoms with van der Waals surface area (Å²) in [4.78, 5) is 28.3. The van der Waals surface area contributed by atoms with Crippen LogP contribution in [0.1, 0.15) is 62.6 Å². The number of hydrogen-bond donors (Lipinski definition) is 2. The Kier molecular flexibility index (Phi) is 5.47. The van der Waals surface area contributed by atoms with Crippen LogP contribution in [0.4, 0.5) is 0 Å². The molecule has 0 fully saturated rings. The van der Waals surface area contributed by atoms with Crippen LogP contribution in [-0.4, -0.2) is 33.1 Å². The predicted molar refractivity (Wildman–Crippen MR) is 125 cm³/mol. The predicted octanol–water partition coefficient (Wildman–Crippen LogP) is 5.06. The molecule has 1 aliphatic heterocycles. The van der Waals surface area contributed by atoms with Crippen molar-refractivity contribution in [2.75, 3.05) is 0 Å². The summed E-state index contributed by atoms with van der Waals surface area (Å²) in [7, 11) is 0. The number of nitrogens with zero attached hydrogens (tertiary/aromatic N) is 1. The Morgan fingerprint density at radius 3 is 2.39 bits per heavy atom. The summed E-state index contributed by atoms with van der Waals surface area (Å²) in [6.45, 7) is 1.87. The number of aliphatic carboxylic acids is 1. The van der Waals surface area contributed by atoms with Crippen LogP contribution in [-0.2, 0) is 11.2 Å². The van der Waals surface area contributed by atoms with E-state index in [9.17, 15) is 19.8 Å². The lowest BCUT2D eigenvalue weighted by Crippen LogP contribution is -2.50.